The number of ether oxygens (including phenoxy) is 2. The van der Waals surface area contributed by atoms with E-state index in [1.165, 1.54) is 0 Å². The summed E-state index contributed by atoms with van der Waals surface area (Å²) < 4.78 is 11.6. The smallest absolute Gasteiger partial charge is 0.167 e. The van der Waals surface area contributed by atoms with Gasteiger partial charge in [-0.15, -0.1) is 0 Å². The van der Waals surface area contributed by atoms with E-state index in [0.717, 1.165) is 41.2 Å². The third kappa shape index (κ3) is 3.95. The van der Waals surface area contributed by atoms with Gasteiger partial charge < -0.3 is 14.8 Å². The van der Waals surface area contributed by atoms with Crippen LogP contribution in [0, 0.1) is 0 Å². The number of ketones is 1. The molecule has 0 saturated carbocycles. The van der Waals surface area contributed by atoms with Gasteiger partial charge in [-0.05, 0) is 43.2 Å². The molecular weight excluding hydrogens is 314 g/mol. The standard InChI is InChI=1S/C21H25NO3/c1-3-5-12-25-20-11-10-15(13-21(20)24-4-2)18-14-19(23)16-8-6-7-9-17(16)22-18/h6-11,13,18,22H,3-5,12,14H2,1-2H3. The molecule has 132 valence electrons. The minimum absolute atomic E-state index is 0.0497. The molecule has 0 radical (unpaired) electrons. The highest BCUT2D eigenvalue weighted by Crippen LogP contribution is 2.36. The van der Waals surface area contributed by atoms with E-state index in [2.05, 4.69) is 12.2 Å². The first-order valence-corrected chi connectivity index (χ1v) is 9.01. The number of para-hydroxylation sites is 1. The molecular formula is C21H25NO3. The zero-order valence-corrected chi connectivity index (χ0v) is 14.9. The summed E-state index contributed by atoms with van der Waals surface area (Å²) in [6.45, 7) is 5.36. The first-order chi connectivity index (χ1) is 12.2. The summed E-state index contributed by atoms with van der Waals surface area (Å²) in [7, 11) is 0. The summed E-state index contributed by atoms with van der Waals surface area (Å²) in [5.41, 5.74) is 2.70. The maximum atomic E-state index is 12.4. The van der Waals surface area contributed by atoms with E-state index >= 15 is 0 Å². The SMILES string of the molecule is CCCCOc1ccc(C2CC(=O)c3ccccc3N2)cc1OCC. The number of nitrogens with one attached hydrogen (secondary N) is 1. The van der Waals surface area contributed by atoms with Crippen LogP contribution in [0.5, 0.6) is 11.5 Å². The van der Waals surface area contributed by atoms with Crippen LogP contribution in [0.3, 0.4) is 0 Å². The Bertz CT molecular complexity index is 742. The quantitative estimate of drug-likeness (QED) is 0.721. The molecule has 1 unspecified atom stereocenters. The first-order valence-electron chi connectivity index (χ1n) is 9.01. The van der Waals surface area contributed by atoms with Gasteiger partial charge >= 0.3 is 0 Å². The normalized spacial score (nSPS) is 16.1. The number of carbonyl (C=O) groups is 1. The Morgan fingerprint density at radius 1 is 1.08 bits per heavy atom. The maximum absolute atomic E-state index is 12.4. The number of carbonyl (C=O) groups excluding carboxylic acids is 1. The molecule has 4 heteroatoms. The Balaban J connectivity index is 1.83. The summed E-state index contributed by atoms with van der Waals surface area (Å²) in [5, 5.41) is 3.47. The third-order valence-corrected chi connectivity index (χ3v) is 4.37. The van der Waals surface area contributed by atoms with Crippen LogP contribution >= 0.6 is 0 Å². The molecule has 0 aliphatic carbocycles. The molecule has 0 saturated heterocycles. The number of Topliss-reactive ketones (excluding diaryl/α,β-unsaturated/α-hetero) is 1. The number of hydrogen-bond acceptors (Lipinski definition) is 4. The van der Waals surface area contributed by atoms with Gasteiger partial charge in [0.2, 0.25) is 0 Å². The van der Waals surface area contributed by atoms with Crippen LogP contribution < -0.4 is 14.8 Å². The fourth-order valence-corrected chi connectivity index (χ4v) is 3.04. The zero-order chi connectivity index (χ0) is 17.6. The third-order valence-electron chi connectivity index (χ3n) is 4.37. The molecule has 1 aliphatic heterocycles. The largest absolute Gasteiger partial charge is 0.490 e. The molecule has 1 heterocycles. The van der Waals surface area contributed by atoms with Crippen molar-refractivity contribution < 1.29 is 14.3 Å². The van der Waals surface area contributed by atoms with E-state index < -0.39 is 0 Å². The second kappa shape index (κ2) is 8.06. The van der Waals surface area contributed by atoms with Gasteiger partial charge in [0.25, 0.3) is 0 Å². The molecule has 0 spiro atoms. The van der Waals surface area contributed by atoms with E-state index in [9.17, 15) is 4.79 Å². The minimum Gasteiger partial charge on any atom is -0.490 e. The topological polar surface area (TPSA) is 47.6 Å². The van der Waals surface area contributed by atoms with E-state index in [-0.39, 0.29) is 11.8 Å². The number of benzene rings is 2. The van der Waals surface area contributed by atoms with Gasteiger partial charge in [-0.25, -0.2) is 0 Å². The zero-order valence-electron chi connectivity index (χ0n) is 14.9. The summed E-state index contributed by atoms with van der Waals surface area (Å²) >= 11 is 0. The van der Waals surface area contributed by atoms with Gasteiger partial charge in [-0.1, -0.05) is 31.5 Å². The van der Waals surface area contributed by atoms with Crippen LogP contribution in [0.25, 0.3) is 0 Å². The lowest BCUT2D eigenvalue weighted by Gasteiger charge is -2.27. The number of rotatable bonds is 7. The molecule has 0 bridgehead atoms. The van der Waals surface area contributed by atoms with Crippen LogP contribution in [-0.2, 0) is 0 Å². The predicted octanol–water partition coefficient (Wildman–Crippen LogP) is 5.00. The van der Waals surface area contributed by atoms with Gasteiger partial charge in [0.1, 0.15) is 0 Å². The van der Waals surface area contributed by atoms with Crippen molar-refractivity contribution in [3.8, 4) is 11.5 Å². The Morgan fingerprint density at radius 3 is 2.72 bits per heavy atom. The Labute approximate surface area is 149 Å². The summed E-state index contributed by atoms with van der Waals surface area (Å²) in [6.07, 6.45) is 2.55. The summed E-state index contributed by atoms with van der Waals surface area (Å²) in [5.74, 6) is 1.67. The molecule has 4 nitrogen and oxygen atoms in total. The van der Waals surface area contributed by atoms with Gasteiger partial charge in [-0.2, -0.15) is 0 Å². The van der Waals surface area contributed by atoms with Crippen molar-refractivity contribution in [1.29, 1.82) is 0 Å². The Morgan fingerprint density at radius 2 is 1.92 bits per heavy atom. The van der Waals surface area contributed by atoms with E-state index in [1.807, 2.05) is 49.4 Å². The monoisotopic (exact) mass is 339 g/mol. The first kappa shape index (κ1) is 17.3. The van der Waals surface area contributed by atoms with Crippen LogP contribution in [0.4, 0.5) is 5.69 Å². The molecule has 1 aliphatic rings. The number of unbranched alkanes of at least 4 members (excludes halogenated alkanes) is 1. The van der Waals surface area contributed by atoms with Gasteiger partial charge in [0.15, 0.2) is 17.3 Å². The lowest BCUT2D eigenvalue weighted by Crippen LogP contribution is -2.22. The number of anilines is 1. The molecule has 2 aromatic carbocycles. The molecule has 0 amide bonds. The number of fused-ring (bicyclic) bond motifs is 1. The molecule has 1 N–H and O–H groups in total. The predicted molar refractivity (Wildman–Crippen MR) is 99.8 cm³/mol. The van der Waals surface area contributed by atoms with E-state index in [0.29, 0.717) is 19.6 Å². The molecule has 0 fully saturated rings. The van der Waals surface area contributed by atoms with E-state index in [1.54, 1.807) is 0 Å². The van der Waals surface area contributed by atoms with Crippen molar-refractivity contribution in [2.24, 2.45) is 0 Å². The molecule has 2 aromatic rings. The Kier molecular flexibility index (Phi) is 5.59. The maximum Gasteiger partial charge on any atom is 0.167 e. The summed E-state index contributed by atoms with van der Waals surface area (Å²) in [4.78, 5) is 12.4. The highest BCUT2D eigenvalue weighted by Gasteiger charge is 2.25. The molecule has 0 aromatic heterocycles. The van der Waals surface area contributed by atoms with Gasteiger partial charge in [-0.3, -0.25) is 4.79 Å². The number of hydrogen-bond donors (Lipinski definition) is 1. The fraction of sp³-hybridized carbons (Fsp3) is 0.381. The second-order valence-electron chi connectivity index (χ2n) is 6.21. The van der Waals surface area contributed by atoms with Crippen LogP contribution in [-0.4, -0.2) is 19.0 Å². The summed E-state index contributed by atoms with van der Waals surface area (Å²) in [6, 6.07) is 13.6. The fourth-order valence-electron chi connectivity index (χ4n) is 3.04. The van der Waals surface area contributed by atoms with Gasteiger partial charge in [0.05, 0.1) is 19.3 Å². The van der Waals surface area contributed by atoms with Gasteiger partial charge in [0, 0.05) is 17.7 Å². The lowest BCUT2D eigenvalue weighted by molar-refractivity contribution is 0.0972. The minimum atomic E-state index is -0.0497. The average Bonchev–Trinajstić information content (AvgIpc) is 2.63. The van der Waals surface area contributed by atoms with Crippen molar-refractivity contribution in [2.75, 3.05) is 18.5 Å². The highest BCUT2D eigenvalue weighted by molar-refractivity contribution is 6.03. The second-order valence-corrected chi connectivity index (χ2v) is 6.21. The van der Waals surface area contributed by atoms with E-state index in [4.69, 9.17) is 9.47 Å². The van der Waals surface area contributed by atoms with Crippen molar-refractivity contribution in [2.45, 2.75) is 39.2 Å². The van der Waals surface area contributed by atoms with Crippen LogP contribution in [0.2, 0.25) is 0 Å². The van der Waals surface area contributed by atoms with Crippen molar-refractivity contribution >= 4 is 11.5 Å². The Hall–Kier alpha value is -2.49. The molecule has 3 rings (SSSR count). The van der Waals surface area contributed by atoms with Crippen LogP contribution in [0.15, 0.2) is 42.5 Å². The van der Waals surface area contributed by atoms with Crippen molar-refractivity contribution in [3.63, 3.8) is 0 Å². The molecule has 25 heavy (non-hydrogen) atoms. The highest BCUT2D eigenvalue weighted by atomic mass is 16.5. The molecule has 1 atom stereocenters. The van der Waals surface area contributed by atoms with Crippen molar-refractivity contribution in [3.05, 3.63) is 53.6 Å². The lowest BCUT2D eigenvalue weighted by atomic mass is 9.92. The average molecular weight is 339 g/mol. The van der Waals surface area contributed by atoms with Crippen molar-refractivity contribution in [1.82, 2.24) is 0 Å². The van der Waals surface area contributed by atoms with Crippen LogP contribution in [0.1, 0.15) is 55.1 Å².